The number of hydrogen-bond donors (Lipinski definition) is 3. The van der Waals surface area contributed by atoms with Crippen molar-refractivity contribution in [3.05, 3.63) is 46.7 Å². The molecule has 25 heavy (non-hydrogen) atoms. The van der Waals surface area contributed by atoms with Gasteiger partial charge in [-0.05, 0) is 30.9 Å². The van der Waals surface area contributed by atoms with E-state index in [1.54, 1.807) is 18.3 Å². The van der Waals surface area contributed by atoms with Crippen LogP contribution < -0.4 is 16.4 Å². The van der Waals surface area contributed by atoms with Gasteiger partial charge in [0.05, 0.1) is 16.9 Å². The highest BCUT2D eigenvalue weighted by atomic mass is 35.5. The molecule has 0 unspecified atom stereocenters. The smallest absolute Gasteiger partial charge is 0.154 e. The molecule has 2 heterocycles. The molecule has 0 atom stereocenters. The molecule has 0 saturated carbocycles. The molecule has 1 aliphatic rings. The van der Waals surface area contributed by atoms with Crippen molar-refractivity contribution in [2.45, 2.75) is 19.8 Å². The molecule has 1 fully saturated rings. The van der Waals surface area contributed by atoms with Gasteiger partial charge in [-0.25, -0.2) is 9.97 Å². The fraction of sp³-hybridized carbons (Fsp3) is 0.389. The Balaban J connectivity index is 1.80. The number of benzene rings is 1. The Bertz CT molecular complexity index is 783. The summed E-state index contributed by atoms with van der Waals surface area (Å²) >= 11 is 6.17. The molecule has 1 saturated heterocycles. The average molecular weight is 359 g/mol. The van der Waals surface area contributed by atoms with Crippen molar-refractivity contribution in [1.82, 2.24) is 9.97 Å². The predicted molar refractivity (Wildman–Crippen MR) is 102 cm³/mol. The van der Waals surface area contributed by atoms with E-state index in [1.807, 2.05) is 12.1 Å². The quantitative estimate of drug-likeness (QED) is 0.729. The molecular weight excluding hydrogens is 336 g/mol. The number of hydrogen-bond acceptors (Lipinski definition) is 6. The second-order valence-corrected chi connectivity index (χ2v) is 7.23. The van der Waals surface area contributed by atoms with Gasteiger partial charge in [0, 0.05) is 18.7 Å². The van der Waals surface area contributed by atoms with Crippen molar-refractivity contribution >= 4 is 28.9 Å². The zero-order valence-electron chi connectivity index (χ0n) is 14.3. The van der Waals surface area contributed by atoms with Crippen LogP contribution in [0.25, 0.3) is 0 Å². The summed E-state index contributed by atoms with van der Waals surface area (Å²) in [6.45, 7) is 4.67. The number of anilines is 2. The van der Waals surface area contributed by atoms with E-state index in [0.29, 0.717) is 22.8 Å². The van der Waals surface area contributed by atoms with Crippen molar-refractivity contribution in [2.75, 3.05) is 30.3 Å². The van der Waals surface area contributed by atoms with Gasteiger partial charge in [0.15, 0.2) is 5.82 Å². The maximum absolute atomic E-state index is 8.35. The first-order valence-corrected chi connectivity index (χ1v) is 8.73. The van der Waals surface area contributed by atoms with E-state index in [2.05, 4.69) is 21.8 Å². The van der Waals surface area contributed by atoms with Gasteiger partial charge >= 0.3 is 0 Å². The number of nitrogens with zero attached hydrogens (tertiary/aromatic N) is 3. The molecule has 132 valence electrons. The summed E-state index contributed by atoms with van der Waals surface area (Å²) in [5.41, 5.74) is 13.3. The summed E-state index contributed by atoms with van der Waals surface area (Å²) in [7, 11) is 0. The number of nitrogens with one attached hydrogen (secondary N) is 1. The second-order valence-electron chi connectivity index (χ2n) is 6.82. The highest BCUT2D eigenvalue weighted by molar-refractivity contribution is 6.35. The van der Waals surface area contributed by atoms with Crippen molar-refractivity contribution < 1.29 is 0 Å². The number of halogens is 1. The lowest BCUT2D eigenvalue weighted by atomic mass is 9.80. The summed E-state index contributed by atoms with van der Waals surface area (Å²) in [6.07, 6.45) is 3.72. The van der Waals surface area contributed by atoms with E-state index in [1.165, 1.54) is 0 Å². The number of nitrogens with two attached hydrogens (primary N) is 2. The van der Waals surface area contributed by atoms with E-state index >= 15 is 0 Å². The third-order valence-corrected chi connectivity index (χ3v) is 5.28. The first-order chi connectivity index (χ1) is 11.9. The Morgan fingerprint density at radius 2 is 2.00 bits per heavy atom. The standard InChI is InChI=1S/C18H23ClN6/c1-18(11-20)6-8-25(9-7-18)14-10-23-16(17(22)24-14)15(21)12-4-2-3-5-13(12)19/h2-5,10,21H,6-9,11,20H2,1H3,(H2,22,24). The summed E-state index contributed by atoms with van der Waals surface area (Å²) in [5, 5.41) is 8.85. The van der Waals surface area contributed by atoms with Crippen molar-refractivity contribution in [1.29, 1.82) is 5.41 Å². The second kappa shape index (κ2) is 6.98. The van der Waals surface area contributed by atoms with Crippen LogP contribution in [0.1, 0.15) is 31.0 Å². The van der Waals surface area contributed by atoms with E-state index in [9.17, 15) is 0 Å². The number of nitrogen functional groups attached to an aromatic ring is 1. The average Bonchev–Trinajstić information content (AvgIpc) is 2.62. The van der Waals surface area contributed by atoms with E-state index in [0.717, 1.165) is 31.7 Å². The minimum absolute atomic E-state index is 0.177. The van der Waals surface area contributed by atoms with Crippen LogP contribution in [0.3, 0.4) is 0 Å². The summed E-state index contributed by atoms with van der Waals surface area (Å²) in [6, 6.07) is 7.17. The maximum Gasteiger partial charge on any atom is 0.154 e. The fourth-order valence-corrected chi connectivity index (χ4v) is 3.24. The molecule has 0 amide bonds. The summed E-state index contributed by atoms with van der Waals surface area (Å²) in [5.74, 6) is 0.988. The molecule has 7 heteroatoms. The zero-order chi connectivity index (χ0) is 18.0. The Labute approximate surface area is 152 Å². The third kappa shape index (κ3) is 3.60. The highest BCUT2D eigenvalue weighted by Crippen LogP contribution is 2.31. The molecule has 5 N–H and O–H groups in total. The van der Waals surface area contributed by atoms with Crippen LogP contribution in [0.4, 0.5) is 11.6 Å². The van der Waals surface area contributed by atoms with Crippen molar-refractivity contribution in [3.8, 4) is 0 Å². The van der Waals surface area contributed by atoms with Gasteiger partial charge in [-0.1, -0.05) is 36.7 Å². The molecule has 6 nitrogen and oxygen atoms in total. The normalized spacial score (nSPS) is 16.7. The lowest BCUT2D eigenvalue weighted by molar-refractivity contribution is 0.258. The molecule has 1 aliphatic heterocycles. The maximum atomic E-state index is 8.35. The monoisotopic (exact) mass is 358 g/mol. The molecule has 2 aromatic rings. The summed E-state index contributed by atoms with van der Waals surface area (Å²) < 4.78 is 0. The van der Waals surface area contributed by atoms with Crippen LogP contribution in [-0.4, -0.2) is 35.3 Å². The molecule has 0 bridgehead atoms. The lowest BCUT2D eigenvalue weighted by Crippen LogP contribution is -2.42. The van der Waals surface area contributed by atoms with Crippen molar-refractivity contribution in [2.24, 2.45) is 11.1 Å². The van der Waals surface area contributed by atoms with Crippen LogP contribution in [0.2, 0.25) is 5.02 Å². The predicted octanol–water partition coefficient (Wildman–Crippen LogP) is 2.69. The first-order valence-electron chi connectivity index (χ1n) is 8.35. The SMILES string of the molecule is CC1(CN)CCN(c2cnc(C(=N)c3ccccc3Cl)c(N)n2)CC1. The van der Waals surface area contributed by atoms with Crippen molar-refractivity contribution in [3.63, 3.8) is 0 Å². The highest BCUT2D eigenvalue weighted by Gasteiger charge is 2.29. The minimum Gasteiger partial charge on any atom is -0.382 e. The van der Waals surface area contributed by atoms with E-state index < -0.39 is 0 Å². The first kappa shape index (κ1) is 17.6. The number of rotatable bonds is 4. The Kier molecular flexibility index (Phi) is 4.92. The van der Waals surface area contributed by atoms with Gasteiger partial charge < -0.3 is 16.4 Å². The molecule has 0 aliphatic carbocycles. The van der Waals surface area contributed by atoms with Gasteiger partial charge in [-0.2, -0.15) is 0 Å². The number of aromatic nitrogens is 2. The Morgan fingerprint density at radius 1 is 1.32 bits per heavy atom. The summed E-state index contributed by atoms with van der Waals surface area (Å²) in [4.78, 5) is 11.0. The molecule has 0 spiro atoms. The van der Waals surface area contributed by atoms with Crippen LogP contribution in [0.5, 0.6) is 0 Å². The van der Waals surface area contributed by atoms with Crippen LogP contribution in [-0.2, 0) is 0 Å². The van der Waals surface area contributed by atoms with Gasteiger partial charge in [0.1, 0.15) is 11.5 Å². The Morgan fingerprint density at radius 3 is 2.60 bits per heavy atom. The van der Waals surface area contributed by atoms with Crippen LogP contribution in [0, 0.1) is 10.8 Å². The lowest BCUT2D eigenvalue weighted by Gasteiger charge is -2.39. The fourth-order valence-electron chi connectivity index (χ4n) is 3.01. The molecule has 1 aromatic carbocycles. The van der Waals surface area contributed by atoms with Crippen LogP contribution in [0.15, 0.2) is 30.5 Å². The largest absolute Gasteiger partial charge is 0.382 e. The molecule has 3 rings (SSSR count). The minimum atomic E-state index is 0.177. The number of piperidine rings is 1. The van der Waals surface area contributed by atoms with Gasteiger partial charge in [0.25, 0.3) is 0 Å². The van der Waals surface area contributed by atoms with Gasteiger partial charge in [-0.15, -0.1) is 0 Å². The Hall–Kier alpha value is -2.18. The molecule has 0 radical (unpaired) electrons. The molecular formula is C18H23ClN6. The van der Waals surface area contributed by atoms with Crippen LogP contribution >= 0.6 is 11.6 Å². The zero-order valence-corrected chi connectivity index (χ0v) is 15.1. The van der Waals surface area contributed by atoms with E-state index in [-0.39, 0.29) is 16.9 Å². The van der Waals surface area contributed by atoms with E-state index in [4.69, 9.17) is 28.5 Å². The van der Waals surface area contributed by atoms with Gasteiger partial charge in [0.2, 0.25) is 0 Å². The van der Waals surface area contributed by atoms with Gasteiger partial charge in [-0.3, -0.25) is 5.41 Å². The molecule has 1 aromatic heterocycles. The topological polar surface area (TPSA) is 105 Å². The third-order valence-electron chi connectivity index (χ3n) is 4.95.